The van der Waals surface area contributed by atoms with Crippen molar-refractivity contribution in [2.75, 3.05) is 19.0 Å². The Bertz CT molecular complexity index is 1140. The van der Waals surface area contributed by atoms with Gasteiger partial charge in [-0.05, 0) is 42.5 Å². The molecule has 6 nitrogen and oxygen atoms in total. The van der Waals surface area contributed by atoms with E-state index in [2.05, 4.69) is 15.4 Å². The summed E-state index contributed by atoms with van der Waals surface area (Å²) in [5, 5.41) is 8.36. The lowest BCUT2D eigenvalue weighted by atomic mass is 10.1. The Balaban J connectivity index is 1.62. The lowest BCUT2D eigenvalue weighted by Gasteiger charge is -2.15. The summed E-state index contributed by atoms with van der Waals surface area (Å²) >= 11 is 5.83. The average Bonchev–Trinajstić information content (AvgIpc) is 3.23. The molecule has 0 atom stereocenters. The van der Waals surface area contributed by atoms with Gasteiger partial charge < -0.3 is 14.8 Å². The number of fused-ring (bicyclic) bond motifs is 1. The Morgan fingerprint density at radius 2 is 2.03 bits per heavy atom. The van der Waals surface area contributed by atoms with Crippen LogP contribution in [-0.2, 0) is 6.54 Å². The molecule has 2 aromatic carbocycles. The first-order chi connectivity index (χ1) is 14.2. The lowest BCUT2D eigenvalue weighted by Crippen LogP contribution is -2.09. The number of pyridine rings is 1. The molecule has 148 valence electrons. The average molecular weight is 413 g/mol. The second-order valence-corrected chi connectivity index (χ2v) is 6.65. The summed E-state index contributed by atoms with van der Waals surface area (Å²) in [5.74, 6) is 0.658. The molecule has 0 aliphatic rings. The van der Waals surface area contributed by atoms with Crippen molar-refractivity contribution in [1.82, 2.24) is 14.8 Å². The first-order valence-electron chi connectivity index (χ1n) is 8.93. The molecule has 2 aromatic heterocycles. The number of nitrogens with one attached hydrogen (secondary N) is 1. The van der Waals surface area contributed by atoms with Crippen LogP contribution < -0.4 is 14.8 Å². The maximum absolute atomic E-state index is 14.2. The molecule has 29 heavy (non-hydrogen) atoms. The van der Waals surface area contributed by atoms with Crippen LogP contribution in [0.1, 0.15) is 0 Å². The van der Waals surface area contributed by atoms with Gasteiger partial charge in [0.25, 0.3) is 0 Å². The lowest BCUT2D eigenvalue weighted by molar-refractivity contribution is 0.275. The third-order valence-corrected chi connectivity index (χ3v) is 4.61. The van der Waals surface area contributed by atoms with E-state index < -0.39 is 5.82 Å². The Morgan fingerprint density at radius 1 is 1.14 bits per heavy atom. The molecule has 0 fully saturated rings. The number of hydrogen-bond donors (Lipinski definition) is 1. The molecular formula is C21H18ClFN4O2. The Kier molecular flexibility index (Phi) is 5.48. The zero-order chi connectivity index (χ0) is 20.2. The van der Waals surface area contributed by atoms with Crippen LogP contribution >= 0.6 is 11.6 Å². The van der Waals surface area contributed by atoms with Crippen LogP contribution in [0.2, 0.25) is 5.02 Å². The van der Waals surface area contributed by atoms with E-state index in [9.17, 15) is 4.39 Å². The van der Waals surface area contributed by atoms with Gasteiger partial charge in [0.2, 0.25) is 0 Å². The molecule has 0 aliphatic carbocycles. The number of methoxy groups -OCH3 is 1. The number of rotatable bonds is 7. The Labute approximate surface area is 171 Å². The second kappa shape index (κ2) is 8.36. The van der Waals surface area contributed by atoms with Gasteiger partial charge in [0.15, 0.2) is 11.5 Å². The highest BCUT2D eigenvalue weighted by molar-refractivity contribution is 6.30. The van der Waals surface area contributed by atoms with Gasteiger partial charge in [0.1, 0.15) is 17.9 Å². The van der Waals surface area contributed by atoms with Crippen LogP contribution in [0.5, 0.6) is 11.5 Å². The van der Waals surface area contributed by atoms with Gasteiger partial charge in [-0.2, -0.15) is 5.10 Å². The van der Waals surface area contributed by atoms with Gasteiger partial charge in [-0.15, -0.1) is 0 Å². The Morgan fingerprint density at radius 3 is 2.79 bits per heavy atom. The highest BCUT2D eigenvalue weighted by atomic mass is 35.5. The van der Waals surface area contributed by atoms with Crippen molar-refractivity contribution in [3.05, 3.63) is 71.9 Å². The third kappa shape index (κ3) is 4.09. The van der Waals surface area contributed by atoms with E-state index in [4.69, 9.17) is 21.1 Å². The first-order valence-corrected chi connectivity index (χ1v) is 9.31. The van der Waals surface area contributed by atoms with Crippen molar-refractivity contribution < 1.29 is 13.9 Å². The normalized spacial score (nSPS) is 10.9. The predicted molar refractivity (Wildman–Crippen MR) is 111 cm³/mol. The highest BCUT2D eigenvalue weighted by Crippen LogP contribution is 2.38. The SMILES string of the molecule is COc1c(OCCn2cccn2)ccc2c(Nc3ccc(Cl)cc3F)ccnc12. The van der Waals surface area contributed by atoms with Crippen LogP contribution in [0, 0.1) is 5.82 Å². The fourth-order valence-corrected chi connectivity index (χ4v) is 3.17. The van der Waals surface area contributed by atoms with Crippen LogP contribution in [0.4, 0.5) is 15.8 Å². The zero-order valence-corrected chi connectivity index (χ0v) is 16.4. The molecule has 0 saturated carbocycles. The topological polar surface area (TPSA) is 61.2 Å². The largest absolute Gasteiger partial charge is 0.491 e. The molecule has 8 heteroatoms. The number of halogens is 2. The van der Waals surface area contributed by atoms with E-state index in [1.165, 1.54) is 6.07 Å². The van der Waals surface area contributed by atoms with E-state index in [-0.39, 0.29) is 0 Å². The fraction of sp³-hybridized carbons (Fsp3) is 0.143. The minimum Gasteiger partial charge on any atom is -0.491 e. The number of ether oxygens (including phenoxy) is 2. The molecule has 4 aromatic rings. The van der Waals surface area contributed by atoms with E-state index in [1.807, 2.05) is 24.4 Å². The minimum atomic E-state index is -0.437. The minimum absolute atomic E-state index is 0.320. The van der Waals surface area contributed by atoms with E-state index in [0.717, 1.165) is 5.39 Å². The molecule has 2 heterocycles. The number of hydrogen-bond acceptors (Lipinski definition) is 5. The van der Waals surface area contributed by atoms with Crippen molar-refractivity contribution in [1.29, 1.82) is 0 Å². The van der Waals surface area contributed by atoms with Crippen LogP contribution in [0.25, 0.3) is 10.9 Å². The van der Waals surface area contributed by atoms with Crippen molar-refractivity contribution in [3.8, 4) is 11.5 Å². The molecule has 0 spiro atoms. The summed E-state index contributed by atoms with van der Waals surface area (Å²) in [6.45, 7) is 1.04. The molecule has 0 amide bonds. The van der Waals surface area contributed by atoms with Gasteiger partial charge in [0.05, 0.1) is 19.3 Å². The van der Waals surface area contributed by atoms with E-state index >= 15 is 0 Å². The van der Waals surface area contributed by atoms with Crippen LogP contribution in [0.15, 0.2) is 61.1 Å². The number of aromatic nitrogens is 3. The van der Waals surface area contributed by atoms with Crippen molar-refractivity contribution >= 4 is 33.9 Å². The molecule has 1 N–H and O–H groups in total. The summed E-state index contributed by atoms with van der Waals surface area (Å²) in [6, 6.07) is 11.8. The molecule has 0 bridgehead atoms. The summed E-state index contributed by atoms with van der Waals surface area (Å²) in [6.07, 6.45) is 5.23. The highest BCUT2D eigenvalue weighted by Gasteiger charge is 2.14. The quantitative estimate of drug-likeness (QED) is 0.460. The van der Waals surface area contributed by atoms with Crippen molar-refractivity contribution in [3.63, 3.8) is 0 Å². The maximum Gasteiger partial charge on any atom is 0.187 e. The summed E-state index contributed by atoms with van der Waals surface area (Å²) in [4.78, 5) is 4.43. The molecule has 4 rings (SSSR count). The van der Waals surface area contributed by atoms with Crippen LogP contribution in [0.3, 0.4) is 0 Å². The number of nitrogens with zero attached hydrogens (tertiary/aromatic N) is 3. The summed E-state index contributed by atoms with van der Waals surface area (Å²) in [5.41, 5.74) is 1.63. The molecule has 0 unspecified atom stereocenters. The van der Waals surface area contributed by atoms with Crippen LogP contribution in [-0.4, -0.2) is 28.5 Å². The van der Waals surface area contributed by atoms with E-state index in [1.54, 1.807) is 42.4 Å². The van der Waals surface area contributed by atoms with Gasteiger partial charge in [-0.3, -0.25) is 9.67 Å². The molecule has 0 saturated heterocycles. The smallest absolute Gasteiger partial charge is 0.187 e. The first kappa shape index (κ1) is 19.0. The third-order valence-electron chi connectivity index (χ3n) is 4.37. The summed E-state index contributed by atoms with van der Waals surface area (Å²) < 4.78 is 27.4. The predicted octanol–water partition coefficient (Wildman–Crippen LogP) is 5.06. The maximum atomic E-state index is 14.2. The second-order valence-electron chi connectivity index (χ2n) is 6.22. The summed E-state index contributed by atoms with van der Waals surface area (Å²) in [7, 11) is 1.57. The van der Waals surface area contributed by atoms with Crippen molar-refractivity contribution in [2.45, 2.75) is 6.54 Å². The standard InChI is InChI=1S/C21H18ClFN4O2/c1-28-21-19(29-12-11-27-10-2-8-25-27)6-4-15-17(7-9-24-20(15)21)26-18-5-3-14(22)13-16(18)23/h2-10,13H,11-12H2,1H3,(H,24,26). The van der Waals surface area contributed by atoms with E-state index in [0.29, 0.717) is 46.6 Å². The molecule has 0 aliphatic heterocycles. The van der Waals surface area contributed by atoms with Gasteiger partial charge >= 0.3 is 0 Å². The zero-order valence-electron chi connectivity index (χ0n) is 15.6. The van der Waals surface area contributed by atoms with Gasteiger partial charge in [-0.25, -0.2) is 4.39 Å². The number of benzene rings is 2. The monoisotopic (exact) mass is 412 g/mol. The molecule has 0 radical (unpaired) electrons. The fourth-order valence-electron chi connectivity index (χ4n) is 3.01. The van der Waals surface area contributed by atoms with Gasteiger partial charge in [-0.1, -0.05) is 11.6 Å². The van der Waals surface area contributed by atoms with Crippen molar-refractivity contribution in [2.24, 2.45) is 0 Å². The Hall–Kier alpha value is -3.32. The van der Waals surface area contributed by atoms with Gasteiger partial charge in [0, 0.05) is 34.7 Å². The number of anilines is 2. The molecular weight excluding hydrogens is 395 g/mol.